The number of carbonyl (C=O) groups is 1. The van der Waals surface area contributed by atoms with E-state index in [0.717, 1.165) is 6.41 Å². The van der Waals surface area contributed by atoms with Crippen molar-refractivity contribution in [2.45, 2.75) is 6.04 Å². The fourth-order valence-electron chi connectivity index (χ4n) is 1.95. The maximum Gasteiger partial charge on any atom is 0.209 e. The molecule has 18 heavy (non-hydrogen) atoms. The number of sulfone groups is 1. The summed E-state index contributed by atoms with van der Waals surface area (Å²) in [5.41, 5.74) is 0. The van der Waals surface area contributed by atoms with Crippen LogP contribution in [0.15, 0.2) is 11.5 Å². The average molecular weight is 289 g/mol. The Morgan fingerprint density at radius 3 is 2.50 bits per heavy atom. The molecule has 1 amide bonds. The lowest BCUT2D eigenvalue weighted by atomic mass is 10.3. The van der Waals surface area contributed by atoms with Crippen molar-refractivity contribution in [3.63, 3.8) is 0 Å². The van der Waals surface area contributed by atoms with Crippen LogP contribution >= 0.6 is 12.2 Å². The van der Waals surface area contributed by atoms with E-state index in [9.17, 15) is 13.2 Å². The van der Waals surface area contributed by atoms with Crippen molar-refractivity contribution in [1.82, 2.24) is 15.1 Å². The molecule has 0 aromatic heterocycles. The molecule has 1 N–H and O–H groups in total. The van der Waals surface area contributed by atoms with E-state index in [1.807, 2.05) is 4.90 Å². The molecule has 2 aliphatic heterocycles. The van der Waals surface area contributed by atoms with E-state index in [4.69, 9.17) is 12.2 Å². The number of thiocarbonyl (C=S) groups is 1. The van der Waals surface area contributed by atoms with Crippen LogP contribution in [-0.4, -0.2) is 67.7 Å². The predicted molar refractivity (Wildman–Crippen MR) is 71.7 cm³/mol. The number of carbonyl (C=O) groups excluding carboxylic acids is 1. The first-order chi connectivity index (χ1) is 8.50. The highest BCUT2D eigenvalue weighted by Crippen LogP contribution is 2.09. The number of hydrogen-bond donors (Lipinski definition) is 1. The Kier molecular flexibility index (Phi) is 3.86. The van der Waals surface area contributed by atoms with E-state index < -0.39 is 9.84 Å². The molecule has 2 aliphatic rings. The van der Waals surface area contributed by atoms with Gasteiger partial charge in [-0.25, -0.2) is 8.42 Å². The Bertz CT molecular complexity index is 467. The molecule has 6 nitrogen and oxygen atoms in total. The zero-order valence-corrected chi connectivity index (χ0v) is 11.4. The first kappa shape index (κ1) is 13.3. The molecular weight excluding hydrogens is 274 g/mol. The summed E-state index contributed by atoms with van der Waals surface area (Å²) in [4.78, 5) is 14.2. The van der Waals surface area contributed by atoms with E-state index in [0.29, 0.717) is 31.3 Å². The van der Waals surface area contributed by atoms with E-state index in [1.165, 1.54) is 5.41 Å². The second kappa shape index (κ2) is 5.23. The Balaban J connectivity index is 1.83. The van der Waals surface area contributed by atoms with Gasteiger partial charge in [-0.2, -0.15) is 0 Å². The summed E-state index contributed by atoms with van der Waals surface area (Å²) in [6.07, 6.45) is 2.45. The Hall–Kier alpha value is -1.15. The van der Waals surface area contributed by atoms with E-state index in [-0.39, 0.29) is 11.8 Å². The van der Waals surface area contributed by atoms with Crippen LogP contribution in [0.2, 0.25) is 0 Å². The first-order valence-corrected chi connectivity index (χ1v) is 7.78. The van der Waals surface area contributed by atoms with Gasteiger partial charge in [0.2, 0.25) is 6.41 Å². The van der Waals surface area contributed by atoms with Crippen LogP contribution < -0.4 is 5.32 Å². The summed E-state index contributed by atoms with van der Waals surface area (Å²) < 4.78 is 22.5. The zero-order chi connectivity index (χ0) is 13.2. The van der Waals surface area contributed by atoms with Gasteiger partial charge in [0.15, 0.2) is 14.9 Å². The Morgan fingerprint density at radius 1 is 1.33 bits per heavy atom. The minimum absolute atomic E-state index is 0.0570. The van der Waals surface area contributed by atoms with Crippen LogP contribution in [-0.2, 0) is 14.6 Å². The molecule has 1 saturated heterocycles. The van der Waals surface area contributed by atoms with Gasteiger partial charge in [-0.05, 0) is 18.3 Å². The molecule has 0 aliphatic carbocycles. The smallest absolute Gasteiger partial charge is 0.209 e. The van der Waals surface area contributed by atoms with Gasteiger partial charge in [-0.1, -0.05) is 0 Å². The van der Waals surface area contributed by atoms with Crippen molar-refractivity contribution in [1.29, 1.82) is 0 Å². The molecule has 1 atom stereocenters. The van der Waals surface area contributed by atoms with Gasteiger partial charge >= 0.3 is 0 Å². The minimum atomic E-state index is -3.06. The molecule has 2 heterocycles. The molecule has 0 bridgehead atoms. The Morgan fingerprint density at radius 2 is 2.00 bits per heavy atom. The predicted octanol–water partition coefficient (Wildman–Crippen LogP) is -1.05. The monoisotopic (exact) mass is 289 g/mol. The Labute approximate surface area is 112 Å². The van der Waals surface area contributed by atoms with Crippen LogP contribution in [0.5, 0.6) is 0 Å². The molecule has 0 radical (unpaired) electrons. The SMILES string of the molecule is O=CN1CCN(C(=S)NC2C=CS(=O)(=O)C2)CC1. The van der Waals surface area contributed by atoms with Gasteiger partial charge in [0.05, 0.1) is 11.8 Å². The van der Waals surface area contributed by atoms with Crippen molar-refractivity contribution in [2.75, 3.05) is 31.9 Å². The molecule has 2 rings (SSSR count). The highest BCUT2D eigenvalue weighted by molar-refractivity contribution is 7.94. The molecule has 100 valence electrons. The van der Waals surface area contributed by atoms with Crippen LogP contribution in [0.25, 0.3) is 0 Å². The molecule has 8 heteroatoms. The fraction of sp³-hybridized carbons (Fsp3) is 0.600. The van der Waals surface area contributed by atoms with Gasteiger partial charge in [0, 0.05) is 31.6 Å². The standard InChI is InChI=1S/C10H15N3O3S2/c14-8-12-2-4-13(5-3-12)10(17)11-9-1-6-18(15,16)7-9/h1,6,8-9H,2-5,7H2,(H,11,17). The van der Waals surface area contributed by atoms with Crippen molar-refractivity contribution in [3.05, 3.63) is 11.5 Å². The number of hydrogen-bond acceptors (Lipinski definition) is 4. The van der Waals surface area contributed by atoms with Crippen molar-refractivity contribution < 1.29 is 13.2 Å². The van der Waals surface area contributed by atoms with E-state index in [1.54, 1.807) is 11.0 Å². The number of nitrogens with zero attached hydrogens (tertiary/aromatic N) is 2. The number of nitrogens with one attached hydrogen (secondary N) is 1. The molecule has 1 unspecified atom stereocenters. The van der Waals surface area contributed by atoms with Crippen LogP contribution in [0.3, 0.4) is 0 Å². The van der Waals surface area contributed by atoms with Gasteiger partial charge in [-0.3, -0.25) is 4.79 Å². The lowest BCUT2D eigenvalue weighted by Crippen LogP contribution is -2.53. The fourth-order valence-corrected chi connectivity index (χ4v) is 3.52. The summed E-state index contributed by atoms with van der Waals surface area (Å²) in [5, 5.41) is 4.79. The summed E-state index contributed by atoms with van der Waals surface area (Å²) in [7, 11) is -3.06. The maximum absolute atomic E-state index is 11.3. The summed E-state index contributed by atoms with van der Waals surface area (Å²) in [6, 6.07) is -0.244. The minimum Gasteiger partial charge on any atom is -0.355 e. The van der Waals surface area contributed by atoms with Crippen LogP contribution in [0.1, 0.15) is 0 Å². The van der Waals surface area contributed by atoms with Crippen molar-refractivity contribution >= 4 is 33.6 Å². The summed E-state index contributed by atoms with van der Waals surface area (Å²) in [6.45, 7) is 2.63. The number of rotatable bonds is 2. The second-order valence-corrected chi connectivity index (χ2v) is 6.66. The largest absolute Gasteiger partial charge is 0.355 e. The lowest BCUT2D eigenvalue weighted by molar-refractivity contribution is -0.119. The first-order valence-electron chi connectivity index (χ1n) is 5.66. The average Bonchev–Trinajstić information content (AvgIpc) is 2.68. The van der Waals surface area contributed by atoms with Gasteiger partial charge < -0.3 is 15.1 Å². The van der Waals surface area contributed by atoms with Crippen LogP contribution in [0.4, 0.5) is 0 Å². The third-order valence-electron chi connectivity index (χ3n) is 2.99. The summed E-state index contributed by atoms with van der Waals surface area (Å²) in [5.74, 6) is 0.0570. The molecule has 0 aromatic carbocycles. The quantitative estimate of drug-likeness (QED) is 0.516. The third kappa shape index (κ3) is 3.20. The molecule has 0 spiro atoms. The molecule has 0 saturated carbocycles. The number of amides is 1. The van der Waals surface area contributed by atoms with E-state index in [2.05, 4.69) is 5.32 Å². The van der Waals surface area contributed by atoms with Crippen molar-refractivity contribution in [3.8, 4) is 0 Å². The molecule has 0 aromatic rings. The molecular formula is C10H15N3O3S2. The highest BCUT2D eigenvalue weighted by atomic mass is 32.2. The van der Waals surface area contributed by atoms with Gasteiger partial charge in [-0.15, -0.1) is 0 Å². The maximum atomic E-state index is 11.3. The lowest BCUT2D eigenvalue weighted by Gasteiger charge is -2.34. The van der Waals surface area contributed by atoms with Gasteiger partial charge in [0.1, 0.15) is 0 Å². The van der Waals surface area contributed by atoms with Gasteiger partial charge in [0.25, 0.3) is 0 Å². The van der Waals surface area contributed by atoms with Crippen LogP contribution in [0, 0.1) is 0 Å². The zero-order valence-electron chi connectivity index (χ0n) is 9.78. The number of piperazine rings is 1. The highest BCUT2D eigenvalue weighted by Gasteiger charge is 2.24. The van der Waals surface area contributed by atoms with Crippen molar-refractivity contribution in [2.24, 2.45) is 0 Å². The molecule has 1 fully saturated rings. The third-order valence-corrected chi connectivity index (χ3v) is 4.76. The summed E-state index contributed by atoms with van der Waals surface area (Å²) >= 11 is 5.24. The topological polar surface area (TPSA) is 69.7 Å². The second-order valence-electron chi connectivity index (χ2n) is 4.34. The van der Waals surface area contributed by atoms with E-state index >= 15 is 0 Å². The normalized spacial score (nSPS) is 26.1.